The van der Waals surface area contributed by atoms with Gasteiger partial charge in [0, 0.05) is 4.47 Å². The van der Waals surface area contributed by atoms with Gasteiger partial charge in [0.25, 0.3) is 0 Å². The standard InChI is InChI=1S/C19H29Br.C3H8.C2H6/c1-13(2)11-15-9-8-10-17(20)18(15)16(12-14(3)4)19(5,6)7;1-3-2;1-2/h8-10,13,16H,3,11-12H2,1-2,4-7H3;3H2,1-2H3;1-2H3. The van der Waals surface area contributed by atoms with E-state index in [1.807, 2.05) is 13.8 Å². The third-order valence-corrected chi connectivity index (χ3v) is 4.41. The Morgan fingerprint density at radius 3 is 1.96 bits per heavy atom. The van der Waals surface area contributed by atoms with Crippen LogP contribution >= 0.6 is 15.9 Å². The van der Waals surface area contributed by atoms with Crippen LogP contribution in [0.3, 0.4) is 0 Å². The lowest BCUT2D eigenvalue weighted by molar-refractivity contribution is 0.314. The van der Waals surface area contributed by atoms with Crippen molar-refractivity contribution in [1.29, 1.82) is 0 Å². The summed E-state index contributed by atoms with van der Waals surface area (Å²) in [5.41, 5.74) is 4.46. The first-order valence-corrected chi connectivity index (χ1v) is 10.7. The van der Waals surface area contributed by atoms with E-state index >= 15 is 0 Å². The SMILES string of the molecule is C=C(C)CC(c1c(Br)cccc1CC(C)C)C(C)(C)C.CC.CCC. The maximum atomic E-state index is 4.14. The van der Waals surface area contributed by atoms with Crippen LogP contribution in [-0.2, 0) is 6.42 Å². The normalized spacial score (nSPS) is 11.8. The third-order valence-electron chi connectivity index (χ3n) is 3.72. The molecule has 0 saturated carbocycles. The summed E-state index contributed by atoms with van der Waals surface area (Å²) in [5.74, 6) is 1.18. The fourth-order valence-corrected chi connectivity index (χ4v) is 3.46. The molecule has 0 bridgehead atoms. The minimum Gasteiger partial charge on any atom is -0.100 e. The molecule has 1 heteroatoms. The van der Waals surface area contributed by atoms with E-state index in [1.54, 1.807) is 0 Å². The Kier molecular flexibility index (Phi) is 14.5. The van der Waals surface area contributed by atoms with Crippen LogP contribution in [0.15, 0.2) is 34.8 Å². The predicted molar refractivity (Wildman–Crippen MR) is 122 cm³/mol. The van der Waals surface area contributed by atoms with Gasteiger partial charge in [-0.1, -0.05) is 102 Å². The number of halogens is 1. The zero-order valence-electron chi connectivity index (χ0n) is 18.6. The molecule has 0 spiro atoms. The van der Waals surface area contributed by atoms with Crippen molar-refractivity contribution in [2.45, 2.75) is 94.4 Å². The highest BCUT2D eigenvalue weighted by Crippen LogP contribution is 2.44. The largest absolute Gasteiger partial charge is 0.100 e. The van der Waals surface area contributed by atoms with Gasteiger partial charge >= 0.3 is 0 Å². The van der Waals surface area contributed by atoms with Crippen molar-refractivity contribution >= 4 is 15.9 Å². The molecular weight excluding hydrogens is 368 g/mol. The van der Waals surface area contributed by atoms with Crippen LogP contribution in [0, 0.1) is 11.3 Å². The van der Waals surface area contributed by atoms with Crippen molar-refractivity contribution in [3.8, 4) is 0 Å². The lowest BCUT2D eigenvalue weighted by atomic mass is 9.71. The lowest BCUT2D eigenvalue weighted by Crippen LogP contribution is -2.21. The van der Waals surface area contributed by atoms with Crippen LogP contribution in [0.2, 0.25) is 0 Å². The average molecular weight is 412 g/mol. The molecule has 1 atom stereocenters. The van der Waals surface area contributed by atoms with Crippen LogP contribution < -0.4 is 0 Å². The Morgan fingerprint density at radius 2 is 1.60 bits per heavy atom. The molecule has 1 unspecified atom stereocenters. The summed E-state index contributed by atoms with van der Waals surface area (Å²) >= 11 is 3.79. The molecule has 0 aliphatic carbocycles. The summed E-state index contributed by atoms with van der Waals surface area (Å²) in [7, 11) is 0. The van der Waals surface area contributed by atoms with E-state index in [2.05, 4.69) is 96.1 Å². The molecule has 0 N–H and O–H groups in total. The van der Waals surface area contributed by atoms with E-state index in [-0.39, 0.29) is 5.41 Å². The summed E-state index contributed by atoms with van der Waals surface area (Å²) in [6, 6.07) is 6.62. The molecule has 1 rings (SSSR count). The number of hydrogen-bond donors (Lipinski definition) is 0. The fourth-order valence-electron chi connectivity index (χ4n) is 2.78. The van der Waals surface area contributed by atoms with E-state index in [9.17, 15) is 0 Å². The van der Waals surface area contributed by atoms with E-state index in [0.717, 1.165) is 12.8 Å². The molecule has 1 aromatic carbocycles. The van der Waals surface area contributed by atoms with Crippen molar-refractivity contribution in [2.75, 3.05) is 0 Å². The third kappa shape index (κ3) is 10.9. The highest BCUT2D eigenvalue weighted by atomic mass is 79.9. The van der Waals surface area contributed by atoms with Crippen molar-refractivity contribution < 1.29 is 0 Å². The van der Waals surface area contributed by atoms with Crippen LogP contribution in [0.4, 0.5) is 0 Å². The molecule has 0 aromatic heterocycles. The molecular formula is C24H43Br. The summed E-state index contributed by atoms with van der Waals surface area (Å²) in [6.07, 6.45) is 3.44. The molecule has 146 valence electrons. The molecule has 25 heavy (non-hydrogen) atoms. The van der Waals surface area contributed by atoms with Gasteiger partial charge in [0.2, 0.25) is 0 Å². The molecule has 1 aromatic rings. The molecule has 0 amide bonds. The lowest BCUT2D eigenvalue weighted by Gasteiger charge is -2.34. The molecule has 0 aliphatic rings. The minimum atomic E-state index is 0.231. The minimum absolute atomic E-state index is 0.231. The predicted octanol–water partition coefficient (Wildman–Crippen LogP) is 9.19. The number of allylic oxidation sites excluding steroid dienone is 1. The van der Waals surface area contributed by atoms with Gasteiger partial charge in [0.15, 0.2) is 0 Å². The maximum absolute atomic E-state index is 4.14. The van der Waals surface area contributed by atoms with Gasteiger partial charge < -0.3 is 0 Å². The number of rotatable bonds is 5. The van der Waals surface area contributed by atoms with E-state index in [0.29, 0.717) is 11.8 Å². The van der Waals surface area contributed by atoms with Gasteiger partial charge in [-0.05, 0) is 54.2 Å². The van der Waals surface area contributed by atoms with Gasteiger partial charge in [-0.15, -0.1) is 6.58 Å². The second kappa shape index (κ2) is 13.6. The van der Waals surface area contributed by atoms with Crippen LogP contribution in [0.5, 0.6) is 0 Å². The average Bonchev–Trinajstić information content (AvgIpc) is 2.47. The molecule has 0 aliphatic heterocycles. The van der Waals surface area contributed by atoms with Crippen molar-refractivity contribution in [3.63, 3.8) is 0 Å². The Morgan fingerprint density at radius 1 is 1.12 bits per heavy atom. The van der Waals surface area contributed by atoms with Crippen LogP contribution in [0.25, 0.3) is 0 Å². The molecule has 0 radical (unpaired) electrons. The molecule has 0 fully saturated rings. The number of benzene rings is 1. The van der Waals surface area contributed by atoms with Crippen molar-refractivity contribution in [3.05, 3.63) is 46.0 Å². The molecule has 0 heterocycles. The van der Waals surface area contributed by atoms with Crippen LogP contribution in [-0.4, -0.2) is 0 Å². The summed E-state index contributed by atoms with van der Waals surface area (Å²) < 4.78 is 1.25. The quantitative estimate of drug-likeness (QED) is 0.424. The van der Waals surface area contributed by atoms with Crippen molar-refractivity contribution in [1.82, 2.24) is 0 Å². The van der Waals surface area contributed by atoms with E-state index in [1.165, 1.54) is 27.6 Å². The highest BCUT2D eigenvalue weighted by Gasteiger charge is 2.29. The first-order chi connectivity index (χ1) is 11.5. The second-order valence-corrected chi connectivity index (χ2v) is 9.05. The molecule has 0 saturated heterocycles. The van der Waals surface area contributed by atoms with Gasteiger partial charge in [0.1, 0.15) is 0 Å². The van der Waals surface area contributed by atoms with E-state index in [4.69, 9.17) is 0 Å². The van der Waals surface area contributed by atoms with Gasteiger partial charge in [-0.3, -0.25) is 0 Å². The first-order valence-electron chi connectivity index (χ1n) is 9.96. The first kappa shape index (κ1) is 26.7. The topological polar surface area (TPSA) is 0 Å². The fraction of sp³-hybridized carbons (Fsp3) is 0.667. The van der Waals surface area contributed by atoms with Gasteiger partial charge in [-0.2, -0.15) is 0 Å². The summed E-state index contributed by atoms with van der Waals surface area (Å²) in [4.78, 5) is 0. The Labute approximate surface area is 167 Å². The Bertz CT molecular complexity index is 477. The zero-order chi connectivity index (χ0) is 20.2. The van der Waals surface area contributed by atoms with Gasteiger partial charge in [0.05, 0.1) is 0 Å². The number of hydrogen-bond acceptors (Lipinski definition) is 0. The molecule has 0 nitrogen and oxygen atoms in total. The zero-order valence-corrected chi connectivity index (χ0v) is 20.2. The smallest absolute Gasteiger partial charge is 0.0213 e. The highest BCUT2D eigenvalue weighted by molar-refractivity contribution is 9.10. The summed E-state index contributed by atoms with van der Waals surface area (Å²) in [5, 5.41) is 0. The van der Waals surface area contributed by atoms with Crippen LogP contribution in [0.1, 0.15) is 99.1 Å². The Hall–Kier alpha value is -0.560. The maximum Gasteiger partial charge on any atom is 0.0213 e. The van der Waals surface area contributed by atoms with Crippen molar-refractivity contribution in [2.24, 2.45) is 11.3 Å². The Balaban J connectivity index is 0. The van der Waals surface area contributed by atoms with Gasteiger partial charge in [-0.25, -0.2) is 0 Å². The monoisotopic (exact) mass is 410 g/mol. The summed E-state index contributed by atoms with van der Waals surface area (Å²) in [6.45, 7) is 26.1. The second-order valence-electron chi connectivity index (χ2n) is 8.20. The van der Waals surface area contributed by atoms with E-state index < -0.39 is 0 Å².